The number of hydrogen-bond donors (Lipinski definition) is 1. The van der Waals surface area contributed by atoms with E-state index in [4.69, 9.17) is 9.47 Å². The van der Waals surface area contributed by atoms with Crippen molar-refractivity contribution in [2.75, 3.05) is 32.8 Å². The van der Waals surface area contributed by atoms with Crippen LogP contribution in [-0.4, -0.2) is 47.8 Å². The van der Waals surface area contributed by atoms with Crippen molar-refractivity contribution < 1.29 is 37.1 Å². The van der Waals surface area contributed by atoms with Gasteiger partial charge in [-0.25, -0.2) is 4.39 Å². The number of rotatable bonds is 7. The molecule has 0 atom stereocenters. The first-order chi connectivity index (χ1) is 16.5. The maximum Gasteiger partial charge on any atom is 0.416 e. The van der Waals surface area contributed by atoms with Crippen molar-refractivity contribution in [1.82, 2.24) is 4.90 Å². The predicted octanol–water partition coefficient (Wildman–Crippen LogP) is 4.72. The molecule has 0 radical (unpaired) electrons. The standard InChI is InChI=1S/C24H26F4N2O5/c25-19-5-6-20(21(16-19)30(32)33)23(34-13-14-35-23)7-2-10-29-11-8-22(31,9-12-29)17-3-1-4-18(15-17)24(26,27)28/h1,3-6,15-16,31H,2,7-14H2. The number of likely N-dealkylation sites (tertiary alicyclic amines) is 1. The summed E-state index contributed by atoms with van der Waals surface area (Å²) >= 11 is 0. The van der Waals surface area contributed by atoms with Gasteiger partial charge in [-0.2, -0.15) is 13.2 Å². The lowest BCUT2D eigenvalue weighted by atomic mass is 9.83. The molecule has 11 heteroatoms. The monoisotopic (exact) mass is 498 g/mol. The lowest BCUT2D eigenvalue weighted by molar-refractivity contribution is -0.388. The van der Waals surface area contributed by atoms with Crippen LogP contribution in [0.25, 0.3) is 0 Å². The molecular weight excluding hydrogens is 472 g/mol. The third-order valence-electron chi connectivity index (χ3n) is 6.71. The molecule has 35 heavy (non-hydrogen) atoms. The van der Waals surface area contributed by atoms with E-state index >= 15 is 0 Å². The van der Waals surface area contributed by atoms with Gasteiger partial charge in [-0.05, 0) is 55.6 Å². The van der Waals surface area contributed by atoms with Crippen LogP contribution in [0.3, 0.4) is 0 Å². The van der Waals surface area contributed by atoms with Gasteiger partial charge in [0.05, 0.1) is 40.9 Å². The number of hydrogen-bond acceptors (Lipinski definition) is 6. The van der Waals surface area contributed by atoms with Gasteiger partial charge in [0.25, 0.3) is 5.69 Å². The third-order valence-corrected chi connectivity index (χ3v) is 6.71. The van der Waals surface area contributed by atoms with Crippen LogP contribution < -0.4 is 0 Å². The Morgan fingerprint density at radius 3 is 2.40 bits per heavy atom. The highest BCUT2D eigenvalue weighted by Crippen LogP contribution is 2.41. The highest BCUT2D eigenvalue weighted by molar-refractivity contribution is 5.43. The Kier molecular flexibility index (Phi) is 7.14. The second kappa shape index (κ2) is 9.81. The molecule has 0 spiro atoms. The number of halogens is 4. The molecule has 2 saturated heterocycles. The summed E-state index contributed by atoms with van der Waals surface area (Å²) in [6.07, 6.45) is -3.09. The molecule has 2 aromatic rings. The van der Waals surface area contributed by atoms with E-state index < -0.39 is 39.6 Å². The van der Waals surface area contributed by atoms with E-state index in [1.165, 1.54) is 18.2 Å². The van der Waals surface area contributed by atoms with E-state index in [0.717, 1.165) is 24.3 Å². The van der Waals surface area contributed by atoms with E-state index in [0.29, 0.717) is 32.5 Å². The smallest absolute Gasteiger partial charge is 0.385 e. The summed E-state index contributed by atoms with van der Waals surface area (Å²) in [6.45, 7) is 2.02. The molecule has 190 valence electrons. The zero-order valence-electron chi connectivity index (χ0n) is 18.9. The minimum absolute atomic E-state index is 0.166. The van der Waals surface area contributed by atoms with Gasteiger partial charge in [0, 0.05) is 19.5 Å². The van der Waals surface area contributed by atoms with Crippen LogP contribution in [-0.2, 0) is 27.0 Å². The number of nitro groups is 1. The van der Waals surface area contributed by atoms with Crippen molar-refractivity contribution in [2.45, 2.75) is 43.2 Å². The number of aliphatic hydroxyl groups is 1. The lowest BCUT2D eigenvalue weighted by Gasteiger charge is -2.39. The fourth-order valence-corrected chi connectivity index (χ4v) is 4.82. The molecule has 7 nitrogen and oxygen atoms in total. The Balaban J connectivity index is 1.38. The van der Waals surface area contributed by atoms with Gasteiger partial charge in [0.1, 0.15) is 5.82 Å². The van der Waals surface area contributed by atoms with Crippen molar-refractivity contribution >= 4 is 5.69 Å². The van der Waals surface area contributed by atoms with Crippen LogP contribution in [0.2, 0.25) is 0 Å². The Morgan fingerprint density at radius 2 is 1.77 bits per heavy atom. The summed E-state index contributed by atoms with van der Waals surface area (Å²) in [5.41, 5.74) is -2.12. The van der Waals surface area contributed by atoms with Gasteiger partial charge in [-0.15, -0.1) is 0 Å². The molecule has 0 unspecified atom stereocenters. The highest BCUT2D eigenvalue weighted by atomic mass is 19.4. The second-order valence-electron chi connectivity index (χ2n) is 8.92. The fourth-order valence-electron chi connectivity index (χ4n) is 4.82. The van der Waals surface area contributed by atoms with Crippen molar-refractivity contribution in [3.63, 3.8) is 0 Å². The summed E-state index contributed by atoms with van der Waals surface area (Å²) in [4.78, 5) is 12.9. The van der Waals surface area contributed by atoms with Crippen LogP contribution in [0, 0.1) is 15.9 Å². The van der Waals surface area contributed by atoms with Gasteiger partial charge in [0.2, 0.25) is 5.79 Å². The fraction of sp³-hybridized carbons (Fsp3) is 0.500. The van der Waals surface area contributed by atoms with Crippen LogP contribution in [0.5, 0.6) is 0 Å². The van der Waals surface area contributed by atoms with Crippen LogP contribution in [0.1, 0.15) is 42.4 Å². The molecule has 0 saturated carbocycles. The van der Waals surface area contributed by atoms with Crippen LogP contribution in [0.4, 0.5) is 23.2 Å². The number of nitrogens with zero attached hydrogens (tertiary/aromatic N) is 2. The van der Waals surface area contributed by atoms with E-state index in [-0.39, 0.29) is 37.2 Å². The minimum atomic E-state index is -4.48. The molecule has 0 aromatic heterocycles. The van der Waals surface area contributed by atoms with E-state index in [2.05, 4.69) is 4.90 Å². The number of benzene rings is 2. The molecule has 0 bridgehead atoms. The van der Waals surface area contributed by atoms with E-state index in [1.54, 1.807) is 0 Å². The topological polar surface area (TPSA) is 85.1 Å². The summed E-state index contributed by atoms with van der Waals surface area (Å²) in [5, 5.41) is 22.5. The van der Waals surface area contributed by atoms with Gasteiger partial charge in [0.15, 0.2) is 0 Å². The first-order valence-corrected chi connectivity index (χ1v) is 11.4. The molecular formula is C24H26F4N2O5. The van der Waals surface area contributed by atoms with Crippen molar-refractivity contribution in [3.05, 3.63) is 75.1 Å². The van der Waals surface area contributed by atoms with E-state index in [1.807, 2.05) is 0 Å². The number of alkyl halides is 3. The zero-order chi connectivity index (χ0) is 25.3. The lowest BCUT2D eigenvalue weighted by Crippen LogP contribution is -2.43. The number of piperidine rings is 1. The third kappa shape index (κ3) is 5.48. The highest BCUT2D eigenvalue weighted by Gasteiger charge is 2.43. The molecule has 2 aliphatic heterocycles. The zero-order valence-corrected chi connectivity index (χ0v) is 18.9. The molecule has 2 heterocycles. The molecule has 4 rings (SSSR count). The maximum absolute atomic E-state index is 13.6. The largest absolute Gasteiger partial charge is 0.416 e. The average Bonchev–Trinajstić information content (AvgIpc) is 3.30. The van der Waals surface area contributed by atoms with Crippen molar-refractivity contribution in [1.29, 1.82) is 0 Å². The molecule has 2 aliphatic rings. The summed E-state index contributed by atoms with van der Waals surface area (Å²) < 4.78 is 64.4. The quantitative estimate of drug-likeness (QED) is 0.338. The molecule has 0 amide bonds. The minimum Gasteiger partial charge on any atom is -0.385 e. The summed E-state index contributed by atoms with van der Waals surface area (Å²) in [5.74, 6) is -2.07. The van der Waals surface area contributed by atoms with Crippen molar-refractivity contribution in [2.24, 2.45) is 0 Å². The van der Waals surface area contributed by atoms with Crippen LogP contribution in [0.15, 0.2) is 42.5 Å². The Hall–Kier alpha value is -2.60. The van der Waals surface area contributed by atoms with Gasteiger partial charge < -0.3 is 19.5 Å². The molecule has 2 fully saturated rings. The van der Waals surface area contributed by atoms with Crippen molar-refractivity contribution in [3.8, 4) is 0 Å². The van der Waals surface area contributed by atoms with Gasteiger partial charge >= 0.3 is 6.18 Å². The van der Waals surface area contributed by atoms with Gasteiger partial charge in [-0.3, -0.25) is 10.1 Å². The van der Waals surface area contributed by atoms with Crippen LogP contribution >= 0.6 is 0 Å². The Labute approximate surface area is 199 Å². The Morgan fingerprint density at radius 1 is 1.09 bits per heavy atom. The Bertz CT molecular complexity index is 1060. The SMILES string of the molecule is O=[N+]([O-])c1cc(F)ccc1C1(CCCN2CCC(O)(c3cccc(C(F)(F)F)c3)CC2)OCCO1. The predicted molar refractivity (Wildman–Crippen MR) is 117 cm³/mol. The number of ether oxygens (including phenoxy) is 2. The average molecular weight is 498 g/mol. The molecule has 1 N–H and O–H groups in total. The number of nitro benzene ring substituents is 1. The molecule has 2 aromatic carbocycles. The first-order valence-electron chi connectivity index (χ1n) is 11.4. The second-order valence-corrected chi connectivity index (χ2v) is 8.92. The van der Waals surface area contributed by atoms with E-state index in [9.17, 15) is 32.8 Å². The molecule has 0 aliphatic carbocycles. The summed E-state index contributed by atoms with van der Waals surface area (Å²) in [7, 11) is 0. The first kappa shape index (κ1) is 25.5. The normalized spacial score (nSPS) is 20.1. The summed E-state index contributed by atoms with van der Waals surface area (Å²) in [6, 6.07) is 8.10. The van der Waals surface area contributed by atoms with Gasteiger partial charge in [-0.1, -0.05) is 12.1 Å². The maximum atomic E-state index is 13.6.